The highest BCUT2D eigenvalue weighted by Crippen LogP contribution is 2.29. The Morgan fingerprint density at radius 2 is 2.00 bits per heavy atom. The van der Waals surface area contributed by atoms with E-state index in [0.29, 0.717) is 28.1 Å². The Morgan fingerprint density at radius 3 is 2.67 bits per heavy atom. The van der Waals surface area contributed by atoms with Crippen LogP contribution in [0.3, 0.4) is 0 Å². The summed E-state index contributed by atoms with van der Waals surface area (Å²) in [7, 11) is 1.53. The van der Waals surface area contributed by atoms with E-state index >= 15 is 0 Å². The number of unbranched alkanes of at least 4 members (excludes halogenated alkanes) is 3. The maximum absolute atomic E-state index is 13.9. The van der Waals surface area contributed by atoms with Crippen molar-refractivity contribution in [2.24, 2.45) is 0 Å². The summed E-state index contributed by atoms with van der Waals surface area (Å²) < 4.78 is 25.6. The van der Waals surface area contributed by atoms with Gasteiger partial charge in [-0.3, -0.25) is 4.79 Å². The van der Waals surface area contributed by atoms with Crippen LogP contribution in [0.2, 0.25) is 0 Å². The molecule has 0 bridgehead atoms. The zero-order valence-electron chi connectivity index (χ0n) is 17.0. The maximum Gasteiger partial charge on any atom is 0.266 e. The van der Waals surface area contributed by atoms with Crippen molar-refractivity contribution in [1.29, 1.82) is 5.26 Å². The third-order valence-electron chi connectivity index (χ3n) is 4.30. The molecule has 0 aliphatic heterocycles. The minimum absolute atomic E-state index is 0.00579. The molecule has 0 aromatic heterocycles. The fourth-order valence-corrected chi connectivity index (χ4v) is 3.03. The number of carbonyl (C=O) groups is 1. The topological polar surface area (TPSA) is 71.3 Å². The fourth-order valence-electron chi connectivity index (χ4n) is 2.70. The highest BCUT2D eigenvalue weighted by Gasteiger charge is 2.13. The molecule has 0 heterocycles. The SMILES string of the molecule is CCCCCCOc1ccc(/C=C(\C#N)C(=O)Nc2ccc(Br)cc2F)cc1OC. The van der Waals surface area contributed by atoms with Crippen LogP contribution < -0.4 is 14.8 Å². The summed E-state index contributed by atoms with van der Waals surface area (Å²) in [6.45, 7) is 2.75. The van der Waals surface area contributed by atoms with Crippen LogP contribution in [0.15, 0.2) is 46.4 Å². The number of hydrogen-bond donors (Lipinski definition) is 1. The number of halogens is 2. The van der Waals surface area contributed by atoms with Crippen molar-refractivity contribution in [3.05, 3.63) is 57.8 Å². The molecular formula is C23H24BrFN2O3. The third kappa shape index (κ3) is 6.89. The molecule has 0 aliphatic carbocycles. The predicted octanol–water partition coefficient (Wildman–Crippen LogP) is 6.10. The molecule has 0 aliphatic rings. The molecule has 158 valence electrons. The number of nitrogens with zero attached hydrogens (tertiary/aromatic N) is 1. The predicted molar refractivity (Wildman–Crippen MR) is 119 cm³/mol. The monoisotopic (exact) mass is 474 g/mol. The fraction of sp³-hybridized carbons (Fsp3) is 0.304. The lowest BCUT2D eigenvalue weighted by atomic mass is 10.1. The first-order chi connectivity index (χ1) is 14.5. The van der Waals surface area contributed by atoms with Gasteiger partial charge in [0.25, 0.3) is 5.91 Å². The van der Waals surface area contributed by atoms with Gasteiger partial charge in [-0.25, -0.2) is 4.39 Å². The largest absolute Gasteiger partial charge is 0.493 e. The molecule has 30 heavy (non-hydrogen) atoms. The highest BCUT2D eigenvalue weighted by atomic mass is 79.9. The van der Waals surface area contributed by atoms with Crippen LogP contribution in [0.5, 0.6) is 11.5 Å². The number of amides is 1. The summed E-state index contributed by atoms with van der Waals surface area (Å²) in [6.07, 6.45) is 5.82. The van der Waals surface area contributed by atoms with Crippen LogP contribution in [0, 0.1) is 17.1 Å². The molecule has 1 N–H and O–H groups in total. The zero-order valence-corrected chi connectivity index (χ0v) is 18.6. The number of rotatable bonds is 10. The van der Waals surface area contributed by atoms with E-state index < -0.39 is 11.7 Å². The number of carbonyl (C=O) groups excluding carboxylic acids is 1. The standard InChI is InChI=1S/C23H24BrFN2O3/c1-3-4-5-6-11-30-21-10-7-16(13-22(21)29-2)12-17(15-26)23(28)27-20-9-8-18(24)14-19(20)25/h7-10,12-14H,3-6,11H2,1-2H3,(H,27,28)/b17-12+. The van der Waals surface area contributed by atoms with Gasteiger partial charge in [-0.2, -0.15) is 5.26 Å². The van der Waals surface area contributed by atoms with Gasteiger partial charge in [0, 0.05) is 4.47 Å². The van der Waals surface area contributed by atoms with E-state index in [-0.39, 0.29) is 11.3 Å². The number of ether oxygens (including phenoxy) is 2. The quantitative estimate of drug-likeness (QED) is 0.256. The second-order valence-electron chi connectivity index (χ2n) is 6.57. The Kier molecular flexibility index (Phi) is 9.36. The Bertz CT molecular complexity index is 954. The highest BCUT2D eigenvalue weighted by molar-refractivity contribution is 9.10. The summed E-state index contributed by atoms with van der Waals surface area (Å²) >= 11 is 3.16. The van der Waals surface area contributed by atoms with Crippen molar-refractivity contribution in [1.82, 2.24) is 0 Å². The van der Waals surface area contributed by atoms with E-state index in [1.54, 1.807) is 24.3 Å². The van der Waals surface area contributed by atoms with Gasteiger partial charge in [0.2, 0.25) is 0 Å². The van der Waals surface area contributed by atoms with Crippen LogP contribution in [0.1, 0.15) is 38.2 Å². The lowest BCUT2D eigenvalue weighted by molar-refractivity contribution is -0.112. The second-order valence-corrected chi connectivity index (χ2v) is 7.48. The van der Waals surface area contributed by atoms with Crippen molar-refractivity contribution < 1.29 is 18.7 Å². The molecule has 1 amide bonds. The van der Waals surface area contributed by atoms with Gasteiger partial charge in [-0.05, 0) is 48.4 Å². The summed E-state index contributed by atoms with van der Waals surface area (Å²) in [5.41, 5.74) is 0.425. The van der Waals surface area contributed by atoms with E-state index in [0.717, 1.165) is 19.3 Å². The molecule has 0 radical (unpaired) electrons. The lowest BCUT2D eigenvalue weighted by Crippen LogP contribution is -2.14. The first-order valence-corrected chi connectivity index (χ1v) is 10.5. The van der Waals surface area contributed by atoms with Crippen LogP contribution in [-0.4, -0.2) is 19.6 Å². The summed E-state index contributed by atoms with van der Waals surface area (Å²) in [5.74, 6) is -0.187. The van der Waals surface area contributed by atoms with Gasteiger partial charge in [0.05, 0.1) is 19.4 Å². The Labute approximate surface area is 184 Å². The molecule has 2 rings (SSSR count). The molecule has 2 aromatic carbocycles. The molecule has 0 saturated carbocycles. The average molecular weight is 475 g/mol. The zero-order chi connectivity index (χ0) is 21.9. The molecule has 2 aromatic rings. The van der Waals surface area contributed by atoms with Gasteiger partial charge in [-0.15, -0.1) is 0 Å². The minimum Gasteiger partial charge on any atom is -0.493 e. The van der Waals surface area contributed by atoms with E-state index in [2.05, 4.69) is 28.2 Å². The molecule has 5 nitrogen and oxygen atoms in total. The Hall–Kier alpha value is -2.85. The van der Waals surface area contributed by atoms with Crippen molar-refractivity contribution in [2.75, 3.05) is 19.0 Å². The Balaban J connectivity index is 2.12. The van der Waals surface area contributed by atoms with E-state index in [1.165, 1.54) is 31.7 Å². The van der Waals surface area contributed by atoms with Crippen molar-refractivity contribution in [2.45, 2.75) is 32.6 Å². The number of benzene rings is 2. The molecule has 0 atom stereocenters. The molecular weight excluding hydrogens is 451 g/mol. The number of nitrogens with one attached hydrogen (secondary N) is 1. The third-order valence-corrected chi connectivity index (χ3v) is 4.79. The summed E-state index contributed by atoms with van der Waals surface area (Å²) in [4.78, 5) is 12.4. The molecule has 0 spiro atoms. The van der Waals surface area contributed by atoms with E-state index in [4.69, 9.17) is 9.47 Å². The molecule has 0 fully saturated rings. The van der Waals surface area contributed by atoms with Gasteiger partial charge in [0.15, 0.2) is 11.5 Å². The average Bonchev–Trinajstić information content (AvgIpc) is 2.74. The van der Waals surface area contributed by atoms with Gasteiger partial charge in [-0.1, -0.05) is 48.2 Å². The van der Waals surface area contributed by atoms with Crippen LogP contribution in [0.25, 0.3) is 6.08 Å². The second kappa shape index (κ2) is 12.0. The van der Waals surface area contributed by atoms with Crippen molar-refractivity contribution in [3.63, 3.8) is 0 Å². The van der Waals surface area contributed by atoms with E-state index in [1.807, 2.05) is 6.07 Å². The van der Waals surface area contributed by atoms with Crippen molar-refractivity contribution >= 4 is 33.6 Å². The smallest absolute Gasteiger partial charge is 0.266 e. The molecule has 7 heteroatoms. The summed E-state index contributed by atoms with van der Waals surface area (Å²) in [6, 6.07) is 11.3. The van der Waals surface area contributed by atoms with Gasteiger partial charge >= 0.3 is 0 Å². The number of nitriles is 1. The van der Waals surface area contributed by atoms with Gasteiger partial charge < -0.3 is 14.8 Å². The van der Waals surface area contributed by atoms with Crippen molar-refractivity contribution in [3.8, 4) is 17.6 Å². The number of hydrogen-bond acceptors (Lipinski definition) is 4. The normalized spacial score (nSPS) is 11.0. The molecule has 0 saturated heterocycles. The van der Waals surface area contributed by atoms with Crippen LogP contribution in [-0.2, 0) is 4.79 Å². The maximum atomic E-state index is 13.9. The Morgan fingerprint density at radius 1 is 1.20 bits per heavy atom. The summed E-state index contributed by atoms with van der Waals surface area (Å²) in [5, 5.41) is 11.8. The minimum atomic E-state index is -0.700. The van der Waals surface area contributed by atoms with Crippen LogP contribution in [0.4, 0.5) is 10.1 Å². The number of methoxy groups -OCH3 is 1. The first-order valence-electron chi connectivity index (χ1n) is 9.67. The lowest BCUT2D eigenvalue weighted by Gasteiger charge is -2.11. The van der Waals surface area contributed by atoms with Crippen LogP contribution >= 0.6 is 15.9 Å². The molecule has 0 unspecified atom stereocenters. The van der Waals surface area contributed by atoms with E-state index in [9.17, 15) is 14.4 Å². The number of anilines is 1. The first kappa shape index (κ1) is 23.4. The van der Waals surface area contributed by atoms with Gasteiger partial charge in [0.1, 0.15) is 17.5 Å².